The highest BCUT2D eigenvalue weighted by Crippen LogP contribution is 2.62. The first-order valence-electron chi connectivity index (χ1n) is 27.3. The van der Waals surface area contributed by atoms with Crippen LogP contribution in [-0.4, -0.2) is 16.6 Å². The van der Waals surface area contributed by atoms with Crippen molar-refractivity contribution in [2.75, 3.05) is 0 Å². The molecule has 9 aliphatic rings. The van der Waals surface area contributed by atoms with Crippen LogP contribution in [0.1, 0.15) is 200 Å². The standard InChI is InChI=1S/3C21H31N/c3*1-13(2)11-16-12-15(4)17-9-10-21(5,22-6)18-8-7-14(3)19(16)20(17)18/h3*11,15-18,20H,7-10,12H2,1-5H3/t3*15-,16-,17+,18-,20+,21-/m000/s1. The first kappa shape index (κ1) is 50.8. The van der Waals surface area contributed by atoms with Crippen molar-refractivity contribution in [1.82, 2.24) is 0 Å². The molecule has 6 fully saturated rings. The summed E-state index contributed by atoms with van der Waals surface area (Å²) in [6, 6.07) is 0. The molecule has 0 saturated heterocycles. The SMILES string of the molecule is [C-]#[N+][C@@]1(C)CC[C@H]2[C@H]3C(=C(C)CC[C@@H]31)[C@@H](C=C(C)C)C[C@@H]2C.[C-]#[N+][C@@]1(C)CC[C@H]2[C@H]3C(=C(C)CC[C@@H]31)[C@@H](C=C(C)C)C[C@@H]2C.[C-]#[N+][C@@]1(C)CC[C@H]2[C@H]3C(=C(C)CC[C@@H]31)[C@@H](C=C(C)C)C[C@@H]2C. The van der Waals surface area contributed by atoms with Gasteiger partial charge in [-0.15, -0.1) is 0 Å². The second-order valence-electron chi connectivity index (χ2n) is 25.9. The molecule has 18 atom stereocenters. The van der Waals surface area contributed by atoms with Crippen LogP contribution in [0.25, 0.3) is 14.5 Å². The summed E-state index contributed by atoms with van der Waals surface area (Å²) in [5.74, 6) is 10.6. The second-order valence-corrected chi connectivity index (χ2v) is 25.9. The third-order valence-corrected chi connectivity index (χ3v) is 20.7. The van der Waals surface area contributed by atoms with Crippen molar-refractivity contribution in [2.45, 2.75) is 217 Å². The van der Waals surface area contributed by atoms with E-state index < -0.39 is 0 Å². The lowest BCUT2D eigenvalue weighted by atomic mass is 9.49. The second kappa shape index (κ2) is 19.7. The molecule has 0 unspecified atom stereocenters. The van der Waals surface area contributed by atoms with Crippen molar-refractivity contribution < 1.29 is 0 Å². The summed E-state index contributed by atoms with van der Waals surface area (Å²) in [6.45, 7) is 58.0. The molecule has 0 aromatic rings. The third kappa shape index (κ3) is 9.35. The Morgan fingerprint density at radius 3 is 0.894 bits per heavy atom. The highest BCUT2D eigenvalue weighted by molar-refractivity contribution is 5.36. The summed E-state index contributed by atoms with van der Waals surface area (Å²) in [7, 11) is 0. The largest absolute Gasteiger partial charge is 0.310 e. The van der Waals surface area contributed by atoms with Crippen LogP contribution in [0.3, 0.4) is 0 Å². The van der Waals surface area contributed by atoms with Gasteiger partial charge in [0.25, 0.3) is 0 Å². The normalized spacial score (nSPS) is 44.1. The topological polar surface area (TPSA) is 13.1 Å². The molecular weight excluding hydrogens is 799 g/mol. The summed E-state index contributed by atoms with van der Waals surface area (Å²) in [4.78, 5) is 12.4. The fourth-order valence-electron chi connectivity index (χ4n) is 17.6. The van der Waals surface area contributed by atoms with Gasteiger partial charge in [0, 0.05) is 57.8 Å². The minimum Gasteiger partial charge on any atom is -0.310 e. The lowest BCUT2D eigenvalue weighted by Crippen LogP contribution is -2.51. The molecule has 3 nitrogen and oxygen atoms in total. The van der Waals surface area contributed by atoms with Crippen LogP contribution < -0.4 is 0 Å². The van der Waals surface area contributed by atoms with E-state index in [2.05, 4.69) is 137 Å². The zero-order valence-electron chi connectivity index (χ0n) is 44.8. The molecule has 66 heavy (non-hydrogen) atoms. The van der Waals surface area contributed by atoms with Gasteiger partial charge in [0.05, 0.1) is 0 Å². The van der Waals surface area contributed by atoms with E-state index in [0.717, 1.165) is 54.8 Å². The van der Waals surface area contributed by atoms with Crippen molar-refractivity contribution in [3.63, 3.8) is 0 Å². The molecule has 0 amide bonds. The summed E-state index contributed by atoms with van der Waals surface area (Å²) in [5.41, 5.74) is 14.2. The van der Waals surface area contributed by atoms with Crippen molar-refractivity contribution in [3.05, 3.63) is 103 Å². The van der Waals surface area contributed by atoms with E-state index >= 15 is 0 Å². The fourth-order valence-corrected chi connectivity index (χ4v) is 17.6. The van der Waals surface area contributed by atoms with E-state index in [-0.39, 0.29) is 16.6 Å². The van der Waals surface area contributed by atoms with Gasteiger partial charge in [0.1, 0.15) is 0 Å². The van der Waals surface area contributed by atoms with E-state index in [1.54, 1.807) is 33.4 Å². The molecule has 9 aliphatic carbocycles. The Morgan fingerprint density at radius 2 is 0.682 bits per heavy atom. The van der Waals surface area contributed by atoms with E-state index in [1.165, 1.54) is 93.8 Å². The third-order valence-electron chi connectivity index (χ3n) is 20.7. The van der Waals surface area contributed by atoms with Crippen LogP contribution in [0, 0.1) is 108 Å². The molecule has 0 aliphatic heterocycles. The number of nitrogens with zero attached hydrogens (tertiary/aromatic N) is 3. The Bertz CT molecular complexity index is 1910. The summed E-state index contributed by atoms with van der Waals surface area (Å²) in [5, 5.41) is 0. The van der Waals surface area contributed by atoms with Gasteiger partial charge in [-0.3, -0.25) is 0 Å². The lowest BCUT2D eigenvalue weighted by molar-refractivity contribution is 0.0400. The number of rotatable bonds is 3. The molecule has 0 N–H and O–H groups in total. The van der Waals surface area contributed by atoms with Crippen LogP contribution in [0.2, 0.25) is 0 Å². The van der Waals surface area contributed by atoms with Crippen molar-refractivity contribution in [2.24, 2.45) is 88.8 Å². The number of allylic oxidation sites excluding steroid dienone is 12. The molecule has 0 radical (unpaired) electrons. The Kier molecular flexibility index (Phi) is 15.2. The van der Waals surface area contributed by atoms with E-state index in [0.29, 0.717) is 53.3 Å². The average Bonchev–Trinajstić information content (AvgIpc) is 3.25. The Morgan fingerprint density at radius 1 is 0.439 bits per heavy atom. The molecule has 0 bridgehead atoms. The molecule has 0 spiro atoms. The Hall–Kier alpha value is -3.09. The Labute approximate surface area is 406 Å². The first-order valence-corrected chi connectivity index (χ1v) is 27.3. The predicted molar refractivity (Wildman–Crippen MR) is 280 cm³/mol. The molecular formula is C63H93N3. The molecule has 6 saturated carbocycles. The molecule has 360 valence electrons. The maximum absolute atomic E-state index is 7.78. The van der Waals surface area contributed by atoms with Crippen molar-refractivity contribution in [3.8, 4) is 0 Å². The highest BCUT2D eigenvalue weighted by atomic mass is 14.9. The summed E-state index contributed by atoms with van der Waals surface area (Å²) >= 11 is 0. The van der Waals surface area contributed by atoms with Gasteiger partial charge in [-0.2, -0.15) is 0 Å². The molecule has 3 heteroatoms. The molecule has 0 aromatic carbocycles. The maximum Gasteiger partial charge on any atom is 0.233 e. The minimum absolute atomic E-state index is 0.111. The Balaban J connectivity index is 0.000000147. The van der Waals surface area contributed by atoms with Crippen molar-refractivity contribution >= 4 is 0 Å². The predicted octanol–water partition coefficient (Wildman–Crippen LogP) is 18.1. The fraction of sp³-hybridized carbons (Fsp3) is 0.762. The van der Waals surface area contributed by atoms with Gasteiger partial charge >= 0.3 is 0 Å². The van der Waals surface area contributed by atoms with Gasteiger partial charge in [-0.1, -0.05) is 89.2 Å². The summed E-state index contributed by atoms with van der Waals surface area (Å²) in [6.07, 6.45) is 26.0. The number of hydrogen-bond acceptors (Lipinski definition) is 0. The lowest BCUT2D eigenvalue weighted by Gasteiger charge is -2.54. The average molecular weight is 892 g/mol. The monoisotopic (exact) mass is 892 g/mol. The van der Waals surface area contributed by atoms with Crippen LogP contribution in [0.5, 0.6) is 0 Å². The van der Waals surface area contributed by atoms with Gasteiger partial charge in [-0.25, -0.2) is 19.7 Å². The van der Waals surface area contributed by atoms with Gasteiger partial charge < -0.3 is 14.5 Å². The van der Waals surface area contributed by atoms with Gasteiger partial charge in [0.2, 0.25) is 16.6 Å². The molecule has 9 rings (SSSR count). The maximum atomic E-state index is 7.78. The minimum atomic E-state index is -0.111. The number of hydrogen-bond donors (Lipinski definition) is 0. The first-order chi connectivity index (χ1) is 31.1. The summed E-state index contributed by atoms with van der Waals surface area (Å²) < 4.78 is 0. The van der Waals surface area contributed by atoms with Gasteiger partial charge in [0.15, 0.2) is 0 Å². The van der Waals surface area contributed by atoms with E-state index in [1.807, 2.05) is 0 Å². The zero-order valence-corrected chi connectivity index (χ0v) is 44.8. The van der Waals surface area contributed by atoms with Crippen molar-refractivity contribution in [1.29, 1.82) is 0 Å². The van der Waals surface area contributed by atoms with Crippen LogP contribution in [0.4, 0.5) is 0 Å². The van der Waals surface area contributed by atoms with E-state index in [4.69, 9.17) is 19.7 Å². The zero-order chi connectivity index (χ0) is 48.2. The molecule has 0 aromatic heterocycles. The van der Waals surface area contributed by atoms with Crippen LogP contribution >= 0.6 is 0 Å². The highest BCUT2D eigenvalue weighted by Gasteiger charge is 2.60. The molecule has 0 heterocycles. The van der Waals surface area contributed by atoms with E-state index in [9.17, 15) is 0 Å². The smallest absolute Gasteiger partial charge is 0.233 e. The quantitative estimate of drug-likeness (QED) is 0.198. The van der Waals surface area contributed by atoms with Gasteiger partial charge in [-0.05, 0) is 210 Å². The van der Waals surface area contributed by atoms with Crippen LogP contribution in [-0.2, 0) is 0 Å². The van der Waals surface area contributed by atoms with Crippen LogP contribution in [0.15, 0.2) is 68.4 Å².